The van der Waals surface area contributed by atoms with Crippen molar-refractivity contribution in [2.75, 3.05) is 6.26 Å². The van der Waals surface area contributed by atoms with E-state index in [1.165, 1.54) is 10.2 Å². The number of hydrogen-bond donors (Lipinski definition) is 0. The number of sulfone groups is 1. The molecule has 0 aliphatic carbocycles. The lowest BCUT2D eigenvalue weighted by Crippen LogP contribution is -2.08. The monoisotopic (exact) mass is 266 g/mol. The Morgan fingerprint density at radius 3 is 2.44 bits per heavy atom. The highest BCUT2D eigenvalue weighted by Crippen LogP contribution is 2.13. The molecule has 1 aromatic heterocycles. The van der Waals surface area contributed by atoms with Crippen molar-refractivity contribution in [2.45, 2.75) is 24.9 Å². The Labute approximate surface area is 106 Å². The van der Waals surface area contributed by atoms with Crippen LogP contribution in [0.1, 0.15) is 18.9 Å². The summed E-state index contributed by atoms with van der Waals surface area (Å²) in [5.41, 5.74) is 1.84. The molecule has 2 rings (SSSR count). The zero-order valence-corrected chi connectivity index (χ0v) is 11.1. The van der Waals surface area contributed by atoms with Crippen molar-refractivity contribution in [3.63, 3.8) is 0 Å². The minimum atomic E-state index is -3.43. The number of nitrogens with zero attached hydrogens (tertiary/aromatic N) is 4. The third-order valence-corrected chi connectivity index (χ3v) is 3.41. The lowest BCUT2D eigenvalue weighted by atomic mass is 10.1. The van der Waals surface area contributed by atoms with E-state index in [-0.39, 0.29) is 5.16 Å². The number of tetrazole rings is 1. The molecule has 2 aromatic rings. The second kappa shape index (κ2) is 4.85. The molecule has 0 aliphatic rings. The smallest absolute Gasteiger partial charge is 0.221 e. The van der Waals surface area contributed by atoms with E-state index in [0.717, 1.165) is 19.1 Å². The molecule has 0 atom stereocenters. The van der Waals surface area contributed by atoms with Crippen LogP contribution in [0.5, 0.6) is 0 Å². The molecular weight excluding hydrogens is 252 g/mol. The second-order valence-electron chi connectivity index (χ2n) is 4.06. The molecule has 0 fully saturated rings. The first-order valence-electron chi connectivity index (χ1n) is 5.60. The quantitative estimate of drug-likeness (QED) is 0.825. The summed E-state index contributed by atoms with van der Waals surface area (Å²) in [6.07, 6.45) is 3.15. The molecule has 1 heterocycles. The van der Waals surface area contributed by atoms with Gasteiger partial charge in [-0.3, -0.25) is 0 Å². The Morgan fingerprint density at radius 1 is 1.22 bits per heavy atom. The van der Waals surface area contributed by atoms with E-state index < -0.39 is 9.84 Å². The van der Waals surface area contributed by atoms with Gasteiger partial charge < -0.3 is 0 Å². The van der Waals surface area contributed by atoms with E-state index in [2.05, 4.69) is 22.4 Å². The highest BCUT2D eigenvalue weighted by Gasteiger charge is 2.18. The van der Waals surface area contributed by atoms with Gasteiger partial charge in [0, 0.05) is 6.26 Å². The molecule has 0 aliphatic heterocycles. The van der Waals surface area contributed by atoms with Crippen LogP contribution >= 0.6 is 0 Å². The molecule has 18 heavy (non-hydrogen) atoms. The first kappa shape index (κ1) is 12.7. The van der Waals surface area contributed by atoms with Crippen molar-refractivity contribution in [1.29, 1.82) is 0 Å². The van der Waals surface area contributed by atoms with Gasteiger partial charge in [0.2, 0.25) is 9.84 Å². The van der Waals surface area contributed by atoms with Crippen molar-refractivity contribution in [1.82, 2.24) is 20.2 Å². The van der Waals surface area contributed by atoms with Crippen LogP contribution < -0.4 is 0 Å². The SMILES string of the molecule is CCCc1ccc(-n2nnnc2S(C)(=O)=O)cc1. The van der Waals surface area contributed by atoms with Crippen LogP contribution in [-0.2, 0) is 16.3 Å². The normalized spacial score (nSPS) is 11.7. The fourth-order valence-corrected chi connectivity index (χ4v) is 2.31. The maximum atomic E-state index is 11.5. The van der Waals surface area contributed by atoms with Crippen molar-refractivity contribution in [3.05, 3.63) is 29.8 Å². The summed E-state index contributed by atoms with van der Waals surface area (Å²) in [6, 6.07) is 7.53. The van der Waals surface area contributed by atoms with Crippen LogP contribution in [0.2, 0.25) is 0 Å². The van der Waals surface area contributed by atoms with Gasteiger partial charge in [-0.2, -0.15) is 4.68 Å². The van der Waals surface area contributed by atoms with Crippen LogP contribution in [0.15, 0.2) is 29.4 Å². The lowest BCUT2D eigenvalue weighted by Gasteiger charge is -2.04. The van der Waals surface area contributed by atoms with Gasteiger partial charge in [0.25, 0.3) is 5.16 Å². The highest BCUT2D eigenvalue weighted by atomic mass is 32.2. The molecule has 0 saturated carbocycles. The van der Waals surface area contributed by atoms with Gasteiger partial charge in [0.1, 0.15) is 0 Å². The van der Waals surface area contributed by atoms with Crippen LogP contribution in [0.25, 0.3) is 5.69 Å². The Hall–Kier alpha value is -1.76. The summed E-state index contributed by atoms with van der Waals surface area (Å²) >= 11 is 0. The predicted molar refractivity (Wildman–Crippen MR) is 66.3 cm³/mol. The molecule has 0 unspecified atom stereocenters. The molecular formula is C11H14N4O2S. The molecule has 0 spiro atoms. The summed E-state index contributed by atoms with van der Waals surface area (Å²) in [6.45, 7) is 2.11. The van der Waals surface area contributed by atoms with E-state index in [1.807, 2.05) is 24.3 Å². The molecule has 0 N–H and O–H groups in total. The van der Waals surface area contributed by atoms with Crippen LogP contribution in [-0.4, -0.2) is 34.9 Å². The predicted octanol–water partition coefficient (Wildman–Crippen LogP) is 1.02. The van der Waals surface area contributed by atoms with Gasteiger partial charge in [-0.15, -0.1) is 0 Å². The molecule has 0 amide bonds. The minimum absolute atomic E-state index is 0.147. The third-order valence-electron chi connectivity index (χ3n) is 2.49. The first-order valence-corrected chi connectivity index (χ1v) is 7.49. The lowest BCUT2D eigenvalue weighted by molar-refractivity contribution is 0.586. The maximum Gasteiger partial charge on any atom is 0.272 e. The number of benzene rings is 1. The second-order valence-corrected chi connectivity index (χ2v) is 5.97. The molecule has 0 radical (unpaired) electrons. The molecule has 0 saturated heterocycles. The highest BCUT2D eigenvalue weighted by molar-refractivity contribution is 7.90. The Morgan fingerprint density at radius 2 is 1.89 bits per heavy atom. The summed E-state index contributed by atoms with van der Waals surface area (Å²) in [5.74, 6) is 0. The summed E-state index contributed by atoms with van der Waals surface area (Å²) in [5, 5.41) is 10.5. The molecule has 0 bridgehead atoms. The van der Waals surface area contributed by atoms with E-state index in [0.29, 0.717) is 5.69 Å². The van der Waals surface area contributed by atoms with Gasteiger partial charge in [-0.05, 0) is 34.5 Å². The van der Waals surface area contributed by atoms with Gasteiger partial charge in [-0.25, -0.2) is 8.42 Å². The van der Waals surface area contributed by atoms with Crippen molar-refractivity contribution < 1.29 is 8.42 Å². The largest absolute Gasteiger partial charge is 0.272 e. The fourth-order valence-electron chi connectivity index (χ4n) is 1.66. The zero-order valence-electron chi connectivity index (χ0n) is 10.2. The zero-order chi connectivity index (χ0) is 13.2. The van der Waals surface area contributed by atoms with Crippen LogP contribution in [0.3, 0.4) is 0 Å². The van der Waals surface area contributed by atoms with E-state index in [9.17, 15) is 8.42 Å². The topological polar surface area (TPSA) is 77.7 Å². The van der Waals surface area contributed by atoms with Crippen molar-refractivity contribution >= 4 is 9.84 Å². The number of aryl methyl sites for hydroxylation is 1. The molecule has 6 nitrogen and oxygen atoms in total. The van der Waals surface area contributed by atoms with Crippen molar-refractivity contribution in [2.24, 2.45) is 0 Å². The summed E-state index contributed by atoms with van der Waals surface area (Å²) in [7, 11) is -3.43. The number of hydrogen-bond acceptors (Lipinski definition) is 5. The van der Waals surface area contributed by atoms with Gasteiger partial charge in [0.05, 0.1) is 5.69 Å². The van der Waals surface area contributed by atoms with Crippen LogP contribution in [0, 0.1) is 0 Å². The first-order chi connectivity index (χ1) is 8.52. The number of aromatic nitrogens is 4. The molecule has 1 aromatic carbocycles. The van der Waals surface area contributed by atoms with Crippen molar-refractivity contribution in [3.8, 4) is 5.69 Å². The van der Waals surface area contributed by atoms with E-state index in [4.69, 9.17) is 0 Å². The Bertz CT molecular complexity index is 631. The summed E-state index contributed by atoms with van der Waals surface area (Å²) in [4.78, 5) is 0. The van der Waals surface area contributed by atoms with Gasteiger partial charge in [0.15, 0.2) is 0 Å². The Balaban J connectivity index is 2.41. The molecule has 96 valence electrons. The van der Waals surface area contributed by atoms with Gasteiger partial charge in [-0.1, -0.05) is 30.6 Å². The van der Waals surface area contributed by atoms with E-state index >= 15 is 0 Å². The average Bonchev–Trinajstić information content (AvgIpc) is 2.79. The number of rotatable bonds is 4. The fraction of sp³-hybridized carbons (Fsp3) is 0.364. The summed E-state index contributed by atoms with van der Waals surface area (Å²) < 4.78 is 24.2. The standard InChI is InChI=1S/C11H14N4O2S/c1-3-4-9-5-7-10(8-6-9)15-11(12-13-14-15)18(2,16)17/h5-8H,3-4H2,1-2H3. The maximum absolute atomic E-state index is 11.5. The van der Waals surface area contributed by atoms with Gasteiger partial charge >= 0.3 is 0 Å². The minimum Gasteiger partial charge on any atom is -0.221 e. The Kier molecular flexibility index (Phi) is 3.42. The average molecular weight is 266 g/mol. The molecule has 7 heteroatoms. The van der Waals surface area contributed by atoms with E-state index in [1.54, 1.807) is 0 Å². The third kappa shape index (κ3) is 2.56. The van der Waals surface area contributed by atoms with Crippen LogP contribution in [0.4, 0.5) is 0 Å².